The lowest BCUT2D eigenvalue weighted by molar-refractivity contribution is 0.464. The highest BCUT2D eigenvalue weighted by molar-refractivity contribution is 5.30. The molecule has 1 N–H and O–H groups in total. The van der Waals surface area contributed by atoms with Crippen molar-refractivity contribution in [2.24, 2.45) is 0 Å². The van der Waals surface area contributed by atoms with Gasteiger partial charge in [0, 0.05) is 19.0 Å². The van der Waals surface area contributed by atoms with Crippen LogP contribution in [0.5, 0.6) is 0 Å². The topological polar surface area (TPSA) is 12.0 Å². The van der Waals surface area contributed by atoms with Gasteiger partial charge in [-0.25, -0.2) is 0 Å². The third kappa shape index (κ3) is 2.87. The third-order valence-electron chi connectivity index (χ3n) is 3.21. The fourth-order valence-corrected chi connectivity index (χ4v) is 2.34. The van der Waals surface area contributed by atoms with E-state index in [-0.39, 0.29) is 0 Å². The Balaban J connectivity index is 1.85. The molecule has 1 aliphatic carbocycles. The van der Waals surface area contributed by atoms with Gasteiger partial charge in [-0.2, -0.15) is 0 Å². The molecule has 0 aliphatic heterocycles. The molecule has 1 aromatic carbocycles. The van der Waals surface area contributed by atoms with E-state index in [1.807, 2.05) is 6.92 Å². The Morgan fingerprint density at radius 2 is 2.12 bits per heavy atom. The van der Waals surface area contributed by atoms with Crippen LogP contribution in [0.25, 0.3) is 0 Å². The molecule has 0 heterocycles. The quantitative estimate of drug-likeness (QED) is 0.601. The Kier molecular flexibility index (Phi) is 4.02. The second kappa shape index (κ2) is 5.72. The van der Waals surface area contributed by atoms with Gasteiger partial charge < -0.3 is 5.32 Å². The Morgan fingerprint density at radius 1 is 1.31 bits per heavy atom. The molecule has 1 aromatic rings. The van der Waals surface area contributed by atoms with Gasteiger partial charge in [0.1, 0.15) is 0 Å². The Hall–Kier alpha value is -1.26. The van der Waals surface area contributed by atoms with Gasteiger partial charge in [0.25, 0.3) is 0 Å². The summed E-state index contributed by atoms with van der Waals surface area (Å²) in [5.74, 6) is 6.03. The summed E-state index contributed by atoms with van der Waals surface area (Å²) in [6.07, 6.45) is 4.62. The molecule has 0 saturated carbocycles. The molecule has 1 aliphatic rings. The van der Waals surface area contributed by atoms with Crippen LogP contribution in [0.4, 0.5) is 0 Å². The van der Waals surface area contributed by atoms with Crippen molar-refractivity contribution in [2.75, 3.05) is 6.54 Å². The van der Waals surface area contributed by atoms with Gasteiger partial charge in [-0.05, 0) is 37.3 Å². The summed E-state index contributed by atoms with van der Waals surface area (Å²) < 4.78 is 0. The van der Waals surface area contributed by atoms with Crippen LogP contribution in [0.15, 0.2) is 24.3 Å². The van der Waals surface area contributed by atoms with Crippen LogP contribution in [0.3, 0.4) is 0 Å². The maximum Gasteiger partial charge on any atom is 0.0214 e. The predicted molar refractivity (Wildman–Crippen MR) is 68.3 cm³/mol. The molecule has 0 amide bonds. The molecular formula is C15H19N. The maximum atomic E-state index is 3.59. The van der Waals surface area contributed by atoms with Crippen molar-refractivity contribution in [3.05, 3.63) is 35.4 Å². The van der Waals surface area contributed by atoms with Gasteiger partial charge in [-0.3, -0.25) is 0 Å². The molecule has 1 atom stereocenters. The molecule has 1 nitrogen and oxygen atoms in total. The Morgan fingerprint density at radius 3 is 2.94 bits per heavy atom. The smallest absolute Gasteiger partial charge is 0.0214 e. The lowest BCUT2D eigenvalue weighted by Gasteiger charge is -2.25. The average molecular weight is 213 g/mol. The van der Waals surface area contributed by atoms with E-state index in [0.717, 1.165) is 13.0 Å². The first-order chi connectivity index (χ1) is 7.90. The molecular weight excluding hydrogens is 194 g/mol. The van der Waals surface area contributed by atoms with E-state index in [1.165, 1.54) is 30.4 Å². The zero-order chi connectivity index (χ0) is 11.2. The van der Waals surface area contributed by atoms with E-state index in [9.17, 15) is 0 Å². The summed E-state index contributed by atoms with van der Waals surface area (Å²) in [5, 5.41) is 3.59. The second-order valence-corrected chi connectivity index (χ2v) is 4.34. The zero-order valence-corrected chi connectivity index (χ0v) is 9.92. The molecule has 0 spiro atoms. The Bertz CT molecular complexity index is 397. The summed E-state index contributed by atoms with van der Waals surface area (Å²) >= 11 is 0. The molecule has 1 heteroatoms. The van der Waals surface area contributed by atoms with Crippen LogP contribution in [0.1, 0.15) is 30.9 Å². The molecule has 0 aromatic heterocycles. The van der Waals surface area contributed by atoms with Gasteiger partial charge >= 0.3 is 0 Å². The molecule has 0 fully saturated rings. The molecule has 16 heavy (non-hydrogen) atoms. The van der Waals surface area contributed by atoms with Crippen LogP contribution >= 0.6 is 0 Å². The third-order valence-corrected chi connectivity index (χ3v) is 3.21. The summed E-state index contributed by atoms with van der Waals surface area (Å²) in [7, 11) is 0. The fraction of sp³-hybridized carbons (Fsp3) is 0.467. The van der Waals surface area contributed by atoms with Crippen LogP contribution in [0, 0.1) is 11.8 Å². The monoisotopic (exact) mass is 213 g/mol. The van der Waals surface area contributed by atoms with E-state index in [2.05, 4.69) is 41.4 Å². The van der Waals surface area contributed by atoms with E-state index < -0.39 is 0 Å². The second-order valence-electron chi connectivity index (χ2n) is 4.34. The summed E-state index contributed by atoms with van der Waals surface area (Å²) in [4.78, 5) is 0. The minimum absolute atomic E-state index is 0.647. The highest BCUT2D eigenvalue weighted by atomic mass is 14.9. The van der Waals surface area contributed by atoms with Crippen LogP contribution in [0.2, 0.25) is 0 Å². The van der Waals surface area contributed by atoms with E-state index in [4.69, 9.17) is 0 Å². The lowest BCUT2D eigenvalue weighted by atomic mass is 9.88. The first kappa shape index (κ1) is 11.2. The molecule has 1 unspecified atom stereocenters. The van der Waals surface area contributed by atoms with Gasteiger partial charge in [0.15, 0.2) is 0 Å². The molecule has 84 valence electrons. The Labute approximate surface area is 98.3 Å². The van der Waals surface area contributed by atoms with Crippen molar-refractivity contribution in [3.63, 3.8) is 0 Å². The highest BCUT2D eigenvalue weighted by Gasteiger charge is 2.16. The summed E-state index contributed by atoms with van der Waals surface area (Å²) in [5.41, 5.74) is 3.06. The van der Waals surface area contributed by atoms with Crippen LogP contribution in [-0.4, -0.2) is 12.6 Å². The van der Waals surface area contributed by atoms with Crippen LogP contribution < -0.4 is 5.32 Å². The predicted octanol–water partition coefficient (Wildman–Crippen LogP) is 2.55. The number of fused-ring (bicyclic) bond motifs is 1. The van der Waals surface area contributed by atoms with Crippen LogP contribution in [-0.2, 0) is 12.8 Å². The molecule has 0 saturated heterocycles. The minimum atomic E-state index is 0.647. The van der Waals surface area contributed by atoms with Crippen molar-refractivity contribution < 1.29 is 0 Å². The number of aryl methyl sites for hydroxylation is 1. The van der Waals surface area contributed by atoms with Crippen molar-refractivity contribution in [2.45, 2.75) is 38.6 Å². The summed E-state index contributed by atoms with van der Waals surface area (Å²) in [6, 6.07) is 9.45. The number of benzene rings is 1. The number of hydrogen-bond donors (Lipinski definition) is 1. The van der Waals surface area contributed by atoms with Gasteiger partial charge in [0.05, 0.1) is 0 Å². The SMILES string of the molecule is CC#CCCNC1CCc2ccccc2C1. The number of rotatable bonds is 3. The van der Waals surface area contributed by atoms with Gasteiger partial charge in [-0.15, -0.1) is 11.8 Å². The van der Waals surface area contributed by atoms with E-state index in [1.54, 1.807) is 0 Å². The first-order valence-electron chi connectivity index (χ1n) is 6.10. The first-order valence-corrected chi connectivity index (χ1v) is 6.10. The van der Waals surface area contributed by atoms with Gasteiger partial charge in [0.2, 0.25) is 0 Å². The standard InChI is InChI=1S/C15H19N/c1-2-3-6-11-16-15-10-9-13-7-4-5-8-14(13)12-15/h4-5,7-8,15-16H,6,9-12H2,1H3. The number of hydrogen-bond acceptors (Lipinski definition) is 1. The number of nitrogens with one attached hydrogen (secondary N) is 1. The zero-order valence-electron chi connectivity index (χ0n) is 9.92. The van der Waals surface area contributed by atoms with E-state index in [0.29, 0.717) is 6.04 Å². The van der Waals surface area contributed by atoms with Gasteiger partial charge in [-0.1, -0.05) is 24.3 Å². The normalized spacial score (nSPS) is 18.4. The fourth-order valence-electron chi connectivity index (χ4n) is 2.34. The maximum absolute atomic E-state index is 3.59. The largest absolute Gasteiger partial charge is 0.313 e. The summed E-state index contributed by atoms with van der Waals surface area (Å²) in [6.45, 7) is 2.92. The van der Waals surface area contributed by atoms with E-state index >= 15 is 0 Å². The average Bonchev–Trinajstić information content (AvgIpc) is 2.34. The molecule has 0 bridgehead atoms. The highest BCUT2D eigenvalue weighted by Crippen LogP contribution is 2.20. The molecule has 0 radical (unpaired) electrons. The van der Waals surface area contributed by atoms with Crippen molar-refractivity contribution in [1.82, 2.24) is 5.32 Å². The van der Waals surface area contributed by atoms with Crippen molar-refractivity contribution >= 4 is 0 Å². The minimum Gasteiger partial charge on any atom is -0.313 e. The lowest BCUT2D eigenvalue weighted by Crippen LogP contribution is -2.35. The van der Waals surface area contributed by atoms with Crippen molar-refractivity contribution in [3.8, 4) is 11.8 Å². The van der Waals surface area contributed by atoms with Crippen molar-refractivity contribution in [1.29, 1.82) is 0 Å². The molecule has 2 rings (SSSR count).